The Morgan fingerprint density at radius 3 is 2.18 bits per heavy atom. The number of piperidine rings is 1. The molecule has 0 saturated carbocycles. The summed E-state index contributed by atoms with van der Waals surface area (Å²) in [7, 11) is 0. The van der Waals surface area contributed by atoms with Crippen molar-refractivity contribution in [1.29, 1.82) is 0 Å². The van der Waals surface area contributed by atoms with Crippen LogP contribution in [-0.4, -0.2) is 36.1 Å². The second-order valence-electron chi connectivity index (χ2n) is 4.26. The van der Waals surface area contributed by atoms with Crippen molar-refractivity contribution in [2.45, 2.75) is 38.3 Å². The van der Waals surface area contributed by atoms with Gasteiger partial charge in [-0.25, -0.2) is 0 Å². The first-order valence-corrected chi connectivity index (χ1v) is 4.71. The summed E-state index contributed by atoms with van der Waals surface area (Å²) >= 11 is 0. The minimum Gasteiger partial charge on any atom is -0.308 e. The molecule has 0 bridgehead atoms. The molecule has 2 fully saturated rings. The molecule has 0 unspecified atom stereocenters. The second-order valence-corrected chi connectivity index (χ2v) is 4.26. The van der Waals surface area contributed by atoms with Crippen LogP contribution in [0.2, 0.25) is 0 Å². The Morgan fingerprint density at radius 2 is 1.82 bits per heavy atom. The van der Waals surface area contributed by atoms with Gasteiger partial charge in [0.1, 0.15) is 0 Å². The average molecular weight is 154 g/mol. The fraction of sp³-hybridized carbons (Fsp3) is 1.00. The minimum absolute atomic E-state index is 0.603. The highest BCUT2D eigenvalue weighted by atomic mass is 15.2. The first-order valence-electron chi connectivity index (χ1n) is 4.71. The van der Waals surface area contributed by atoms with Gasteiger partial charge in [-0.15, -0.1) is 0 Å². The van der Waals surface area contributed by atoms with Crippen LogP contribution < -0.4 is 5.32 Å². The lowest BCUT2D eigenvalue weighted by Crippen LogP contribution is -2.42. The van der Waals surface area contributed by atoms with E-state index in [4.69, 9.17) is 0 Å². The van der Waals surface area contributed by atoms with Crippen molar-refractivity contribution in [2.75, 3.05) is 19.6 Å². The predicted molar refractivity (Wildman–Crippen MR) is 46.7 cm³/mol. The predicted octanol–water partition coefficient (Wildman–Crippen LogP) is 0.833. The van der Waals surface area contributed by atoms with E-state index >= 15 is 0 Å². The molecule has 11 heavy (non-hydrogen) atoms. The molecule has 0 atom stereocenters. The SMILES string of the molecule is CC(C)N1CCC2(CC1)CN2. The van der Waals surface area contributed by atoms with E-state index in [0.717, 1.165) is 6.04 Å². The highest BCUT2D eigenvalue weighted by Gasteiger charge is 2.44. The van der Waals surface area contributed by atoms with E-state index in [2.05, 4.69) is 24.1 Å². The fourth-order valence-corrected chi connectivity index (χ4v) is 1.95. The summed E-state index contributed by atoms with van der Waals surface area (Å²) in [4.78, 5) is 2.57. The highest BCUT2D eigenvalue weighted by molar-refractivity contribution is 5.06. The molecular weight excluding hydrogens is 136 g/mol. The Labute approximate surface area is 69.0 Å². The molecule has 2 heteroatoms. The Bertz CT molecular complexity index is 140. The smallest absolute Gasteiger partial charge is 0.0331 e. The molecule has 0 aromatic carbocycles. The van der Waals surface area contributed by atoms with Crippen molar-refractivity contribution in [3.8, 4) is 0 Å². The van der Waals surface area contributed by atoms with Gasteiger partial charge in [-0.2, -0.15) is 0 Å². The molecule has 2 aliphatic rings. The highest BCUT2D eigenvalue weighted by Crippen LogP contribution is 2.30. The molecule has 0 aromatic rings. The van der Waals surface area contributed by atoms with Crippen LogP contribution in [0.1, 0.15) is 26.7 Å². The van der Waals surface area contributed by atoms with Gasteiger partial charge in [-0.1, -0.05) is 0 Å². The van der Waals surface area contributed by atoms with E-state index in [-0.39, 0.29) is 0 Å². The van der Waals surface area contributed by atoms with E-state index in [9.17, 15) is 0 Å². The lowest BCUT2D eigenvalue weighted by Gasteiger charge is -2.34. The topological polar surface area (TPSA) is 25.2 Å². The summed E-state index contributed by atoms with van der Waals surface area (Å²) in [6.07, 6.45) is 2.73. The molecule has 0 aromatic heterocycles. The van der Waals surface area contributed by atoms with Gasteiger partial charge < -0.3 is 10.2 Å². The van der Waals surface area contributed by atoms with Crippen LogP contribution in [0, 0.1) is 0 Å². The Morgan fingerprint density at radius 1 is 1.27 bits per heavy atom. The number of likely N-dealkylation sites (tertiary alicyclic amines) is 1. The van der Waals surface area contributed by atoms with Gasteiger partial charge in [0, 0.05) is 31.2 Å². The van der Waals surface area contributed by atoms with Gasteiger partial charge >= 0.3 is 0 Å². The fourth-order valence-electron chi connectivity index (χ4n) is 1.95. The monoisotopic (exact) mass is 154 g/mol. The largest absolute Gasteiger partial charge is 0.308 e. The molecule has 0 radical (unpaired) electrons. The van der Waals surface area contributed by atoms with Crippen molar-refractivity contribution >= 4 is 0 Å². The number of nitrogens with one attached hydrogen (secondary N) is 1. The molecule has 2 saturated heterocycles. The lowest BCUT2D eigenvalue weighted by atomic mass is 9.96. The van der Waals surface area contributed by atoms with Crippen LogP contribution >= 0.6 is 0 Å². The van der Waals surface area contributed by atoms with E-state index in [1.165, 1.54) is 32.5 Å². The Kier molecular flexibility index (Phi) is 1.69. The van der Waals surface area contributed by atoms with E-state index in [0.29, 0.717) is 5.54 Å². The van der Waals surface area contributed by atoms with Crippen molar-refractivity contribution in [1.82, 2.24) is 10.2 Å². The molecular formula is C9H18N2. The number of nitrogens with zero attached hydrogens (tertiary/aromatic N) is 1. The zero-order valence-electron chi connectivity index (χ0n) is 7.56. The van der Waals surface area contributed by atoms with Gasteiger partial charge in [-0.05, 0) is 26.7 Å². The first kappa shape index (κ1) is 7.56. The zero-order valence-corrected chi connectivity index (χ0v) is 7.56. The minimum atomic E-state index is 0.603. The van der Waals surface area contributed by atoms with Gasteiger partial charge in [-0.3, -0.25) is 0 Å². The summed E-state index contributed by atoms with van der Waals surface area (Å²) in [5.74, 6) is 0. The maximum absolute atomic E-state index is 3.48. The summed E-state index contributed by atoms with van der Waals surface area (Å²) < 4.78 is 0. The summed E-state index contributed by atoms with van der Waals surface area (Å²) in [5.41, 5.74) is 0.603. The number of hydrogen-bond donors (Lipinski definition) is 1. The molecule has 0 aliphatic carbocycles. The van der Waals surface area contributed by atoms with Gasteiger partial charge in [0.25, 0.3) is 0 Å². The summed E-state index contributed by atoms with van der Waals surface area (Å²) in [5, 5.41) is 3.48. The van der Waals surface area contributed by atoms with Crippen LogP contribution in [-0.2, 0) is 0 Å². The Balaban J connectivity index is 1.84. The third kappa shape index (κ3) is 1.42. The molecule has 2 nitrogen and oxygen atoms in total. The number of hydrogen-bond acceptors (Lipinski definition) is 2. The maximum atomic E-state index is 3.48. The third-order valence-corrected chi connectivity index (χ3v) is 3.16. The standard InChI is InChI=1S/C9H18N2/c1-8(2)11-5-3-9(4-6-11)7-10-9/h8,10H,3-7H2,1-2H3. The molecule has 2 heterocycles. The maximum Gasteiger partial charge on any atom is 0.0331 e. The number of rotatable bonds is 1. The van der Waals surface area contributed by atoms with E-state index in [1.807, 2.05) is 0 Å². The zero-order chi connectivity index (χ0) is 7.90. The molecule has 0 amide bonds. The quantitative estimate of drug-likeness (QED) is 0.566. The van der Waals surface area contributed by atoms with Gasteiger partial charge in [0.2, 0.25) is 0 Å². The second kappa shape index (κ2) is 2.46. The third-order valence-electron chi connectivity index (χ3n) is 3.16. The Hall–Kier alpha value is -0.0800. The normalized spacial score (nSPS) is 29.7. The van der Waals surface area contributed by atoms with Gasteiger partial charge in [0.15, 0.2) is 0 Å². The molecule has 1 N–H and O–H groups in total. The van der Waals surface area contributed by atoms with Crippen molar-refractivity contribution in [3.05, 3.63) is 0 Å². The average Bonchev–Trinajstić information content (AvgIpc) is 2.70. The lowest BCUT2D eigenvalue weighted by molar-refractivity contribution is 0.164. The molecule has 64 valence electrons. The van der Waals surface area contributed by atoms with E-state index in [1.54, 1.807) is 0 Å². The van der Waals surface area contributed by atoms with Crippen molar-refractivity contribution in [2.24, 2.45) is 0 Å². The first-order chi connectivity index (χ1) is 5.22. The van der Waals surface area contributed by atoms with Crippen LogP contribution in [0.4, 0.5) is 0 Å². The van der Waals surface area contributed by atoms with E-state index < -0.39 is 0 Å². The van der Waals surface area contributed by atoms with Crippen LogP contribution in [0.5, 0.6) is 0 Å². The van der Waals surface area contributed by atoms with Crippen LogP contribution in [0.3, 0.4) is 0 Å². The molecule has 2 rings (SSSR count). The van der Waals surface area contributed by atoms with Gasteiger partial charge in [0.05, 0.1) is 0 Å². The van der Waals surface area contributed by atoms with Crippen LogP contribution in [0.25, 0.3) is 0 Å². The van der Waals surface area contributed by atoms with Crippen molar-refractivity contribution < 1.29 is 0 Å². The molecule has 1 spiro atoms. The summed E-state index contributed by atoms with van der Waals surface area (Å²) in [6, 6.07) is 0.742. The van der Waals surface area contributed by atoms with Crippen LogP contribution in [0.15, 0.2) is 0 Å². The molecule has 2 aliphatic heterocycles. The summed E-state index contributed by atoms with van der Waals surface area (Å²) in [6.45, 7) is 8.45. The van der Waals surface area contributed by atoms with Crippen molar-refractivity contribution in [3.63, 3.8) is 0 Å².